The number of carboxylic acids is 1. The van der Waals surface area contributed by atoms with Crippen molar-refractivity contribution in [1.82, 2.24) is 10.3 Å². The molecule has 3 rings (SSSR count). The van der Waals surface area contributed by atoms with Gasteiger partial charge in [-0.15, -0.1) is 0 Å². The minimum Gasteiger partial charge on any atom is -0.481 e. The van der Waals surface area contributed by atoms with E-state index in [4.69, 9.17) is 5.11 Å². The first-order chi connectivity index (χ1) is 11.5. The van der Waals surface area contributed by atoms with Crippen LogP contribution < -0.4 is 5.32 Å². The van der Waals surface area contributed by atoms with Crippen LogP contribution in [0.4, 0.5) is 4.39 Å². The molecule has 124 valence electrons. The maximum absolute atomic E-state index is 13.2. The summed E-state index contributed by atoms with van der Waals surface area (Å²) in [5, 5.41) is 11.8. The van der Waals surface area contributed by atoms with Crippen LogP contribution >= 0.6 is 0 Å². The lowest BCUT2D eigenvalue weighted by molar-refractivity contribution is -0.141. The second kappa shape index (κ2) is 6.78. The van der Waals surface area contributed by atoms with E-state index >= 15 is 0 Å². The molecule has 1 aromatic heterocycles. The first kappa shape index (κ1) is 16.1. The maximum Gasteiger partial charge on any atom is 0.306 e. The average Bonchev–Trinajstić information content (AvgIpc) is 3.04. The second-order valence-corrected chi connectivity index (χ2v) is 5.96. The fraction of sp³-hybridized carbons (Fsp3) is 0.278. The van der Waals surface area contributed by atoms with Gasteiger partial charge in [0, 0.05) is 17.8 Å². The van der Waals surface area contributed by atoms with E-state index in [9.17, 15) is 14.0 Å². The van der Waals surface area contributed by atoms with Gasteiger partial charge in [0.05, 0.1) is 17.2 Å². The summed E-state index contributed by atoms with van der Waals surface area (Å²) in [5.74, 6) is -1.81. The number of carbonyl (C=O) groups excluding carboxylic acids is 1. The fourth-order valence-corrected chi connectivity index (χ4v) is 2.95. The van der Waals surface area contributed by atoms with Gasteiger partial charge in [0.2, 0.25) is 0 Å². The molecule has 0 saturated heterocycles. The van der Waals surface area contributed by atoms with Crippen LogP contribution in [0.2, 0.25) is 0 Å². The number of hydrogen-bond acceptors (Lipinski definition) is 3. The summed E-state index contributed by atoms with van der Waals surface area (Å²) in [4.78, 5) is 27.4. The van der Waals surface area contributed by atoms with Gasteiger partial charge < -0.3 is 10.4 Å². The maximum atomic E-state index is 13.2. The summed E-state index contributed by atoms with van der Waals surface area (Å²) in [6.07, 6.45) is 3.14. The van der Waals surface area contributed by atoms with Crippen molar-refractivity contribution in [2.24, 2.45) is 5.92 Å². The van der Waals surface area contributed by atoms with Crippen molar-refractivity contribution in [3.05, 3.63) is 54.0 Å². The van der Waals surface area contributed by atoms with E-state index in [1.54, 1.807) is 24.3 Å². The SMILES string of the molecule is O=C(N[C@H]1CC[C@@H](C(=O)O)C1)c1ccc(-c2cccc(F)c2)nc1. The number of carboxylic acid groups (broad SMARTS) is 1. The van der Waals surface area contributed by atoms with E-state index in [2.05, 4.69) is 10.3 Å². The zero-order valence-corrected chi connectivity index (χ0v) is 12.9. The molecule has 1 saturated carbocycles. The van der Waals surface area contributed by atoms with Crippen molar-refractivity contribution in [1.29, 1.82) is 0 Å². The van der Waals surface area contributed by atoms with Crippen LogP contribution in [0, 0.1) is 11.7 Å². The minimum atomic E-state index is -0.812. The molecule has 1 amide bonds. The van der Waals surface area contributed by atoms with Crippen molar-refractivity contribution in [3.8, 4) is 11.3 Å². The van der Waals surface area contributed by atoms with Gasteiger partial charge in [-0.1, -0.05) is 12.1 Å². The molecule has 1 aliphatic rings. The molecule has 5 nitrogen and oxygen atoms in total. The van der Waals surface area contributed by atoms with E-state index in [1.165, 1.54) is 18.3 Å². The van der Waals surface area contributed by atoms with E-state index in [0.717, 1.165) is 0 Å². The van der Waals surface area contributed by atoms with Crippen LogP contribution in [-0.4, -0.2) is 28.0 Å². The van der Waals surface area contributed by atoms with Crippen molar-refractivity contribution in [3.63, 3.8) is 0 Å². The smallest absolute Gasteiger partial charge is 0.306 e. The molecule has 1 heterocycles. The monoisotopic (exact) mass is 328 g/mol. The predicted octanol–water partition coefficient (Wildman–Crippen LogP) is 2.87. The van der Waals surface area contributed by atoms with E-state index < -0.39 is 5.97 Å². The number of aliphatic carboxylic acids is 1. The molecule has 0 spiro atoms. The number of halogens is 1. The summed E-state index contributed by atoms with van der Waals surface area (Å²) >= 11 is 0. The Labute approximate surface area is 138 Å². The number of benzene rings is 1. The minimum absolute atomic E-state index is 0.124. The molecule has 24 heavy (non-hydrogen) atoms. The van der Waals surface area contributed by atoms with Crippen molar-refractivity contribution in [2.45, 2.75) is 25.3 Å². The molecular formula is C18H17FN2O3. The van der Waals surface area contributed by atoms with Gasteiger partial charge in [0.15, 0.2) is 0 Å². The van der Waals surface area contributed by atoms with Crippen LogP contribution in [0.5, 0.6) is 0 Å². The Kier molecular flexibility index (Phi) is 4.55. The van der Waals surface area contributed by atoms with Crippen LogP contribution in [0.1, 0.15) is 29.6 Å². The Bertz CT molecular complexity index is 761. The average molecular weight is 328 g/mol. The Hall–Kier alpha value is -2.76. The number of amides is 1. The Balaban J connectivity index is 1.65. The Morgan fingerprint density at radius 1 is 1.21 bits per heavy atom. The van der Waals surface area contributed by atoms with Gasteiger partial charge in [-0.05, 0) is 43.5 Å². The van der Waals surface area contributed by atoms with Gasteiger partial charge >= 0.3 is 5.97 Å². The summed E-state index contributed by atoms with van der Waals surface area (Å²) in [7, 11) is 0. The molecule has 0 bridgehead atoms. The molecule has 2 N–H and O–H groups in total. The highest BCUT2D eigenvalue weighted by Gasteiger charge is 2.30. The van der Waals surface area contributed by atoms with Crippen molar-refractivity contribution >= 4 is 11.9 Å². The number of nitrogens with one attached hydrogen (secondary N) is 1. The standard InChI is InChI=1S/C18H17FN2O3/c19-14-3-1-2-11(8-14)16-7-5-13(10-20-16)17(22)21-15-6-4-12(9-15)18(23)24/h1-3,5,7-8,10,12,15H,4,6,9H2,(H,21,22)(H,23,24)/t12-,15+/m1/s1. The molecule has 2 atom stereocenters. The van der Waals surface area contributed by atoms with Gasteiger partial charge in [-0.2, -0.15) is 0 Å². The molecule has 1 aromatic carbocycles. The second-order valence-electron chi connectivity index (χ2n) is 5.96. The lowest BCUT2D eigenvalue weighted by Gasteiger charge is -2.12. The first-order valence-electron chi connectivity index (χ1n) is 7.78. The number of hydrogen-bond donors (Lipinski definition) is 2. The number of nitrogens with zero attached hydrogens (tertiary/aromatic N) is 1. The van der Waals surface area contributed by atoms with Crippen LogP contribution in [0.15, 0.2) is 42.6 Å². The lowest BCUT2D eigenvalue weighted by atomic mass is 10.1. The molecule has 1 aliphatic carbocycles. The summed E-state index contributed by atoms with van der Waals surface area (Å²) in [6, 6.07) is 9.26. The highest BCUT2D eigenvalue weighted by molar-refractivity contribution is 5.94. The summed E-state index contributed by atoms with van der Waals surface area (Å²) in [6.45, 7) is 0. The van der Waals surface area contributed by atoms with Gasteiger partial charge in [0.1, 0.15) is 5.82 Å². The summed E-state index contributed by atoms with van der Waals surface area (Å²) in [5.41, 5.74) is 1.62. The normalized spacial score (nSPS) is 19.9. The third kappa shape index (κ3) is 3.59. The number of rotatable bonds is 4. The third-order valence-corrected chi connectivity index (χ3v) is 4.26. The molecule has 2 aromatic rings. The summed E-state index contributed by atoms with van der Waals surface area (Å²) < 4.78 is 13.2. The first-order valence-corrected chi connectivity index (χ1v) is 7.78. The fourth-order valence-electron chi connectivity index (χ4n) is 2.95. The molecular weight excluding hydrogens is 311 g/mol. The number of pyridine rings is 1. The van der Waals surface area contributed by atoms with E-state index in [0.29, 0.717) is 36.1 Å². The Morgan fingerprint density at radius 3 is 2.67 bits per heavy atom. The molecule has 6 heteroatoms. The van der Waals surface area contributed by atoms with Crippen molar-refractivity contribution < 1.29 is 19.1 Å². The van der Waals surface area contributed by atoms with Crippen molar-refractivity contribution in [2.75, 3.05) is 0 Å². The van der Waals surface area contributed by atoms with Crippen LogP contribution in [0.3, 0.4) is 0 Å². The molecule has 0 unspecified atom stereocenters. The quantitative estimate of drug-likeness (QED) is 0.904. The van der Waals surface area contributed by atoms with Gasteiger partial charge in [-0.3, -0.25) is 14.6 Å². The highest BCUT2D eigenvalue weighted by atomic mass is 19.1. The molecule has 1 fully saturated rings. The zero-order chi connectivity index (χ0) is 17.1. The van der Waals surface area contributed by atoms with E-state index in [1.807, 2.05) is 0 Å². The number of carbonyl (C=O) groups is 2. The largest absolute Gasteiger partial charge is 0.481 e. The van der Waals surface area contributed by atoms with Gasteiger partial charge in [-0.25, -0.2) is 4.39 Å². The zero-order valence-electron chi connectivity index (χ0n) is 12.9. The lowest BCUT2D eigenvalue weighted by Crippen LogP contribution is -2.33. The van der Waals surface area contributed by atoms with E-state index in [-0.39, 0.29) is 23.7 Å². The predicted molar refractivity (Wildman–Crippen MR) is 85.9 cm³/mol. The van der Waals surface area contributed by atoms with Crippen LogP contribution in [-0.2, 0) is 4.79 Å². The topological polar surface area (TPSA) is 79.3 Å². The number of aromatic nitrogens is 1. The molecule has 0 radical (unpaired) electrons. The van der Waals surface area contributed by atoms with Crippen LogP contribution in [0.25, 0.3) is 11.3 Å². The highest BCUT2D eigenvalue weighted by Crippen LogP contribution is 2.26. The Morgan fingerprint density at radius 2 is 2.04 bits per heavy atom. The van der Waals surface area contributed by atoms with Gasteiger partial charge in [0.25, 0.3) is 5.91 Å². The third-order valence-electron chi connectivity index (χ3n) is 4.26. The molecule has 0 aliphatic heterocycles.